The summed E-state index contributed by atoms with van der Waals surface area (Å²) in [5.41, 5.74) is 4.36. The summed E-state index contributed by atoms with van der Waals surface area (Å²) in [5, 5.41) is 0. The number of benzene rings is 1. The molecule has 0 saturated heterocycles. The molecular weight excluding hydrogens is 219 g/mol. The van der Waals surface area contributed by atoms with Gasteiger partial charge in [0, 0.05) is 6.54 Å². The Bertz CT molecular complexity index is 308. The van der Waals surface area contributed by atoms with Crippen molar-refractivity contribution in [2.45, 2.75) is 26.1 Å². The van der Waals surface area contributed by atoms with Crippen molar-refractivity contribution in [2.75, 3.05) is 6.61 Å². The topological polar surface area (TPSA) is 21.3 Å². The number of alkyl halides is 3. The zero-order chi connectivity index (χ0) is 12.0. The molecule has 0 saturated carbocycles. The normalized spacial score (nSPS) is 11.8. The van der Waals surface area contributed by atoms with Gasteiger partial charge in [0.05, 0.1) is 0 Å². The lowest BCUT2D eigenvalue weighted by atomic mass is 10.1. The van der Waals surface area contributed by atoms with E-state index in [-0.39, 0.29) is 6.54 Å². The van der Waals surface area contributed by atoms with E-state index in [0.29, 0.717) is 0 Å². The first-order valence-electron chi connectivity index (χ1n) is 5.00. The molecule has 1 aromatic rings. The monoisotopic (exact) mass is 233 g/mol. The summed E-state index contributed by atoms with van der Waals surface area (Å²) in [6.07, 6.45) is -3.35. The van der Waals surface area contributed by atoms with Crippen LogP contribution in [-0.4, -0.2) is 12.8 Å². The Labute approximate surface area is 92.4 Å². The molecule has 0 aromatic heterocycles. The third kappa shape index (κ3) is 5.14. The van der Waals surface area contributed by atoms with E-state index in [1.165, 1.54) is 5.56 Å². The van der Waals surface area contributed by atoms with E-state index in [1.54, 1.807) is 0 Å². The van der Waals surface area contributed by atoms with Gasteiger partial charge in [0.1, 0.15) is 0 Å². The summed E-state index contributed by atoms with van der Waals surface area (Å²) in [4.78, 5) is 4.28. The van der Waals surface area contributed by atoms with Crippen LogP contribution in [-0.2, 0) is 17.8 Å². The minimum absolute atomic E-state index is 0.264. The Morgan fingerprint density at radius 3 is 2.19 bits per heavy atom. The van der Waals surface area contributed by atoms with Crippen LogP contribution in [0.3, 0.4) is 0 Å². The zero-order valence-electron chi connectivity index (χ0n) is 8.97. The summed E-state index contributed by atoms with van der Waals surface area (Å²) in [5.74, 6) is 0. The number of hydrogen-bond donors (Lipinski definition) is 1. The smallest absolute Gasteiger partial charge is 0.292 e. The average molecular weight is 233 g/mol. The van der Waals surface area contributed by atoms with Crippen molar-refractivity contribution in [3.05, 3.63) is 35.4 Å². The first-order valence-corrected chi connectivity index (χ1v) is 5.00. The quantitative estimate of drug-likeness (QED) is 0.623. The van der Waals surface area contributed by atoms with Crippen LogP contribution >= 0.6 is 0 Å². The summed E-state index contributed by atoms with van der Waals surface area (Å²) >= 11 is 0. The summed E-state index contributed by atoms with van der Waals surface area (Å²) < 4.78 is 35.1. The van der Waals surface area contributed by atoms with Crippen LogP contribution < -0.4 is 5.48 Å². The van der Waals surface area contributed by atoms with Crippen molar-refractivity contribution in [2.24, 2.45) is 0 Å². The highest BCUT2D eigenvalue weighted by molar-refractivity contribution is 5.22. The van der Waals surface area contributed by atoms with Crippen molar-refractivity contribution in [3.63, 3.8) is 0 Å². The minimum atomic E-state index is -4.29. The standard InChI is InChI=1S/C11H14F3NO/c1-2-9-3-5-10(6-4-9)7-15-16-8-11(12,13)14/h3-6,15H,2,7-8H2,1H3. The highest BCUT2D eigenvalue weighted by Crippen LogP contribution is 2.13. The number of aryl methyl sites for hydroxylation is 1. The van der Waals surface area contributed by atoms with Crippen molar-refractivity contribution in [1.82, 2.24) is 5.48 Å². The van der Waals surface area contributed by atoms with Gasteiger partial charge in [-0.3, -0.25) is 4.84 Å². The van der Waals surface area contributed by atoms with E-state index in [2.05, 4.69) is 10.3 Å². The van der Waals surface area contributed by atoms with Crippen LogP contribution in [0, 0.1) is 0 Å². The molecule has 0 heterocycles. The van der Waals surface area contributed by atoms with Gasteiger partial charge >= 0.3 is 6.18 Å². The molecule has 0 fully saturated rings. The van der Waals surface area contributed by atoms with Gasteiger partial charge in [-0.2, -0.15) is 18.7 Å². The number of hydroxylamine groups is 1. The molecule has 16 heavy (non-hydrogen) atoms. The molecule has 0 radical (unpaired) electrons. The Balaban J connectivity index is 2.27. The maximum Gasteiger partial charge on any atom is 0.413 e. The van der Waals surface area contributed by atoms with Crippen LogP contribution in [0.5, 0.6) is 0 Å². The van der Waals surface area contributed by atoms with Gasteiger partial charge in [-0.05, 0) is 17.5 Å². The number of halogens is 3. The molecule has 1 rings (SSSR count). The summed E-state index contributed by atoms with van der Waals surface area (Å²) in [7, 11) is 0. The van der Waals surface area contributed by atoms with E-state index in [4.69, 9.17) is 0 Å². The summed E-state index contributed by atoms with van der Waals surface area (Å²) in [6.45, 7) is 1.03. The fourth-order valence-corrected chi connectivity index (χ4v) is 1.16. The maximum absolute atomic E-state index is 11.7. The molecule has 1 aromatic carbocycles. The number of nitrogens with one attached hydrogen (secondary N) is 1. The largest absolute Gasteiger partial charge is 0.413 e. The highest BCUT2D eigenvalue weighted by atomic mass is 19.4. The molecule has 0 atom stereocenters. The van der Waals surface area contributed by atoms with Crippen molar-refractivity contribution in [1.29, 1.82) is 0 Å². The lowest BCUT2D eigenvalue weighted by Crippen LogP contribution is -2.24. The molecule has 0 bridgehead atoms. The lowest BCUT2D eigenvalue weighted by Gasteiger charge is -2.08. The second-order valence-electron chi connectivity index (χ2n) is 3.40. The van der Waals surface area contributed by atoms with Gasteiger partial charge in [0.25, 0.3) is 0 Å². The van der Waals surface area contributed by atoms with Gasteiger partial charge in [-0.15, -0.1) is 0 Å². The molecule has 0 unspecified atom stereocenters. The fraction of sp³-hybridized carbons (Fsp3) is 0.455. The Kier molecular flexibility index (Phi) is 4.76. The van der Waals surface area contributed by atoms with Crippen molar-refractivity contribution in [3.8, 4) is 0 Å². The first kappa shape index (κ1) is 13.0. The van der Waals surface area contributed by atoms with E-state index in [9.17, 15) is 13.2 Å². The van der Waals surface area contributed by atoms with Gasteiger partial charge in [0.2, 0.25) is 0 Å². The maximum atomic E-state index is 11.7. The third-order valence-electron chi connectivity index (χ3n) is 2.05. The molecule has 0 aliphatic rings. The average Bonchev–Trinajstić information content (AvgIpc) is 2.24. The lowest BCUT2D eigenvalue weighted by molar-refractivity contribution is -0.190. The molecule has 0 aliphatic carbocycles. The highest BCUT2D eigenvalue weighted by Gasteiger charge is 2.27. The number of hydrogen-bond acceptors (Lipinski definition) is 2. The van der Waals surface area contributed by atoms with Crippen LogP contribution in [0.4, 0.5) is 13.2 Å². The second-order valence-corrected chi connectivity index (χ2v) is 3.40. The molecule has 0 amide bonds. The first-order chi connectivity index (χ1) is 7.51. The van der Waals surface area contributed by atoms with E-state index >= 15 is 0 Å². The molecule has 5 heteroatoms. The van der Waals surface area contributed by atoms with Gasteiger partial charge in [-0.1, -0.05) is 31.2 Å². The minimum Gasteiger partial charge on any atom is -0.292 e. The Hall–Kier alpha value is -1.07. The van der Waals surface area contributed by atoms with Gasteiger partial charge in [-0.25, -0.2) is 0 Å². The van der Waals surface area contributed by atoms with Crippen molar-refractivity contribution >= 4 is 0 Å². The van der Waals surface area contributed by atoms with Gasteiger partial charge in [0.15, 0.2) is 6.61 Å². The van der Waals surface area contributed by atoms with Crippen molar-refractivity contribution < 1.29 is 18.0 Å². The Morgan fingerprint density at radius 2 is 1.69 bits per heavy atom. The molecule has 0 spiro atoms. The Morgan fingerprint density at radius 1 is 1.12 bits per heavy atom. The molecule has 0 aliphatic heterocycles. The van der Waals surface area contributed by atoms with Gasteiger partial charge < -0.3 is 0 Å². The van der Waals surface area contributed by atoms with Crippen LogP contribution in [0.15, 0.2) is 24.3 Å². The summed E-state index contributed by atoms with van der Waals surface area (Å²) in [6, 6.07) is 7.62. The molecule has 90 valence electrons. The predicted molar refractivity (Wildman–Crippen MR) is 54.7 cm³/mol. The zero-order valence-corrected chi connectivity index (χ0v) is 8.97. The van der Waals surface area contributed by atoms with E-state index < -0.39 is 12.8 Å². The van der Waals surface area contributed by atoms with Crippen LogP contribution in [0.25, 0.3) is 0 Å². The molecule has 1 N–H and O–H groups in total. The predicted octanol–water partition coefficient (Wildman–Crippen LogP) is 2.83. The SMILES string of the molecule is CCc1ccc(CNOCC(F)(F)F)cc1. The van der Waals surface area contributed by atoms with E-state index in [0.717, 1.165) is 12.0 Å². The third-order valence-corrected chi connectivity index (χ3v) is 2.05. The van der Waals surface area contributed by atoms with Crippen LogP contribution in [0.2, 0.25) is 0 Å². The number of rotatable bonds is 5. The molecule has 2 nitrogen and oxygen atoms in total. The molecular formula is C11H14F3NO. The van der Waals surface area contributed by atoms with Crippen LogP contribution in [0.1, 0.15) is 18.1 Å². The second kappa shape index (κ2) is 5.86. The van der Waals surface area contributed by atoms with E-state index in [1.807, 2.05) is 31.2 Å². The fourth-order valence-electron chi connectivity index (χ4n) is 1.16.